The Morgan fingerprint density at radius 2 is 1.97 bits per heavy atom. The molecule has 1 aromatic heterocycles. The van der Waals surface area contributed by atoms with E-state index in [-0.39, 0.29) is 17.2 Å². The molecule has 2 aromatic carbocycles. The van der Waals surface area contributed by atoms with E-state index in [1.54, 1.807) is 37.3 Å². The highest BCUT2D eigenvalue weighted by Crippen LogP contribution is 2.22. The summed E-state index contributed by atoms with van der Waals surface area (Å²) in [6.07, 6.45) is 0. The van der Waals surface area contributed by atoms with E-state index >= 15 is 0 Å². The summed E-state index contributed by atoms with van der Waals surface area (Å²) in [4.78, 5) is 24.6. The minimum absolute atomic E-state index is 0.0378. The second-order valence-electron chi connectivity index (χ2n) is 6.61. The van der Waals surface area contributed by atoms with Gasteiger partial charge in [0.2, 0.25) is 5.91 Å². The van der Waals surface area contributed by atoms with Crippen molar-refractivity contribution < 1.29 is 14.0 Å². The monoisotopic (exact) mass is 461 g/mol. The van der Waals surface area contributed by atoms with Gasteiger partial charge in [-0.2, -0.15) is 0 Å². The molecular formula is C21H21ClFN5O2S. The maximum absolute atomic E-state index is 13.9. The Morgan fingerprint density at radius 3 is 2.68 bits per heavy atom. The van der Waals surface area contributed by atoms with Gasteiger partial charge in [0.05, 0.1) is 17.4 Å². The zero-order valence-corrected chi connectivity index (χ0v) is 18.5. The summed E-state index contributed by atoms with van der Waals surface area (Å²) in [5, 5.41) is 14.9. The molecule has 0 unspecified atom stereocenters. The van der Waals surface area contributed by atoms with Crippen LogP contribution < -0.4 is 10.6 Å². The fourth-order valence-corrected chi connectivity index (χ4v) is 3.90. The van der Waals surface area contributed by atoms with Crippen molar-refractivity contribution in [1.29, 1.82) is 0 Å². The van der Waals surface area contributed by atoms with Crippen LogP contribution in [0.5, 0.6) is 0 Å². The Kier molecular flexibility index (Phi) is 7.64. The van der Waals surface area contributed by atoms with Gasteiger partial charge in [-0.1, -0.05) is 41.6 Å². The van der Waals surface area contributed by atoms with E-state index in [0.29, 0.717) is 28.2 Å². The lowest BCUT2D eigenvalue weighted by Crippen LogP contribution is -2.29. The lowest BCUT2D eigenvalue weighted by Gasteiger charge is -2.15. The fourth-order valence-electron chi connectivity index (χ4n) is 2.90. The Labute approximate surface area is 188 Å². The van der Waals surface area contributed by atoms with Crippen LogP contribution in [0.1, 0.15) is 36.1 Å². The molecule has 0 radical (unpaired) electrons. The largest absolute Gasteiger partial charge is 0.342 e. The first-order chi connectivity index (χ1) is 14.9. The van der Waals surface area contributed by atoms with E-state index in [2.05, 4.69) is 20.8 Å². The molecule has 31 heavy (non-hydrogen) atoms. The molecule has 0 bridgehead atoms. The number of hydrogen-bond donors (Lipinski definition) is 2. The topological polar surface area (TPSA) is 88.9 Å². The van der Waals surface area contributed by atoms with E-state index in [0.717, 1.165) is 0 Å². The summed E-state index contributed by atoms with van der Waals surface area (Å²) in [6.45, 7) is 4.20. The Balaban J connectivity index is 1.63. The summed E-state index contributed by atoms with van der Waals surface area (Å²) >= 11 is 7.16. The van der Waals surface area contributed by atoms with Gasteiger partial charge in [0.25, 0.3) is 5.91 Å². The van der Waals surface area contributed by atoms with Crippen LogP contribution in [-0.2, 0) is 11.3 Å². The van der Waals surface area contributed by atoms with Crippen molar-refractivity contribution in [2.24, 2.45) is 0 Å². The van der Waals surface area contributed by atoms with Crippen LogP contribution in [0.4, 0.5) is 10.1 Å². The van der Waals surface area contributed by atoms with Gasteiger partial charge in [0, 0.05) is 17.3 Å². The molecule has 2 amide bonds. The zero-order chi connectivity index (χ0) is 22.4. The summed E-state index contributed by atoms with van der Waals surface area (Å²) < 4.78 is 15.7. The number of hydrogen-bond acceptors (Lipinski definition) is 5. The highest BCUT2D eigenvalue weighted by molar-refractivity contribution is 7.99. The normalized spacial score (nSPS) is 11.7. The second-order valence-corrected chi connectivity index (χ2v) is 7.99. The summed E-state index contributed by atoms with van der Waals surface area (Å²) in [6, 6.07) is 12.2. The molecule has 1 atom stereocenters. The Bertz CT molecular complexity index is 1090. The first kappa shape index (κ1) is 22.8. The second kappa shape index (κ2) is 10.4. The van der Waals surface area contributed by atoms with Gasteiger partial charge in [-0.15, -0.1) is 10.2 Å². The number of benzene rings is 2. The lowest BCUT2D eigenvalue weighted by atomic mass is 10.2. The third-order valence-electron chi connectivity index (χ3n) is 4.36. The van der Waals surface area contributed by atoms with Crippen LogP contribution in [0.15, 0.2) is 53.7 Å². The molecule has 0 fully saturated rings. The number of carbonyl (C=O) groups is 2. The zero-order valence-electron chi connectivity index (χ0n) is 16.9. The van der Waals surface area contributed by atoms with Crippen LogP contribution in [0, 0.1) is 5.82 Å². The molecule has 1 heterocycles. The third kappa shape index (κ3) is 5.83. The van der Waals surface area contributed by atoms with E-state index < -0.39 is 17.8 Å². The van der Waals surface area contributed by atoms with Crippen LogP contribution in [0.25, 0.3) is 0 Å². The van der Waals surface area contributed by atoms with Crippen LogP contribution in [0.3, 0.4) is 0 Å². The SMILES string of the molecule is CCn1c(SCC(=O)Nc2cccc(Cl)c2)nnc1[C@H](C)NC(=O)c1ccccc1F. The predicted molar refractivity (Wildman–Crippen MR) is 119 cm³/mol. The van der Waals surface area contributed by atoms with Crippen LogP contribution >= 0.6 is 23.4 Å². The number of nitrogens with one attached hydrogen (secondary N) is 2. The molecular weight excluding hydrogens is 441 g/mol. The number of aromatic nitrogens is 3. The van der Waals surface area contributed by atoms with Gasteiger partial charge in [-0.25, -0.2) is 4.39 Å². The highest BCUT2D eigenvalue weighted by atomic mass is 35.5. The number of anilines is 1. The minimum Gasteiger partial charge on any atom is -0.342 e. The maximum atomic E-state index is 13.9. The molecule has 0 spiro atoms. The summed E-state index contributed by atoms with van der Waals surface area (Å²) in [7, 11) is 0. The van der Waals surface area contributed by atoms with Crippen molar-refractivity contribution in [2.75, 3.05) is 11.1 Å². The van der Waals surface area contributed by atoms with E-state index in [9.17, 15) is 14.0 Å². The van der Waals surface area contributed by atoms with Crippen molar-refractivity contribution in [2.45, 2.75) is 31.6 Å². The molecule has 0 saturated carbocycles. The molecule has 0 aliphatic rings. The number of carbonyl (C=O) groups excluding carboxylic acids is 2. The average molecular weight is 462 g/mol. The first-order valence-electron chi connectivity index (χ1n) is 9.55. The molecule has 0 aliphatic heterocycles. The average Bonchev–Trinajstić information content (AvgIpc) is 3.15. The number of amides is 2. The Hall–Kier alpha value is -2.91. The van der Waals surface area contributed by atoms with E-state index in [1.165, 1.54) is 30.0 Å². The predicted octanol–water partition coefficient (Wildman–Crippen LogP) is 4.31. The van der Waals surface area contributed by atoms with Crippen molar-refractivity contribution in [3.8, 4) is 0 Å². The quantitative estimate of drug-likeness (QED) is 0.488. The van der Waals surface area contributed by atoms with E-state index in [4.69, 9.17) is 11.6 Å². The summed E-state index contributed by atoms with van der Waals surface area (Å²) in [5.74, 6) is -0.691. The van der Waals surface area contributed by atoms with Crippen molar-refractivity contribution >= 4 is 40.9 Å². The summed E-state index contributed by atoms with van der Waals surface area (Å²) in [5.41, 5.74) is 0.574. The van der Waals surface area contributed by atoms with Gasteiger partial charge in [0.15, 0.2) is 11.0 Å². The first-order valence-corrected chi connectivity index (χ1v) is 10.9. The number of thioether (sulfide) groups is 1. The molecule has 7 nitrogen and oxygen atoms in total. The van der Waals surface area contributed by atoms with Gasteiger partial charge in [0.1, 0.15) is 5.82 Å². The minimum atomic E-state index is -0.592. The molecule has 2 N–H and O–H groups in total. The Morgan fingerprint density at radius 1 is 1.19 bits per heavy atom. The molecule has 162 valence electrons. The lowest BCUT2D eigenvalue weighted by molar-refractivity contribution is -0.113. The van der Waals surface area contributed by atoms with Crippen LogP contribution in [-0.4, -0.2) is 32.3 Å². The van der Waals surface area contributed by atoms with E-state index in [1.807, 2.05) is 11.5 Å². The van der Waals surface area contributed by atoms with Gasteiger partial charge < -0.3 is 15.2 Å². The maximum Gasteiger partial charge on any atom is 0.254 e. The molecule has 0 aliphatic carbocycles. The fraction of sp³-hybridized carbons (Fsp3) is 0.238. The van der Waals surface area contributed by atoms with Crippen molar-refractivity contribution in [3.05, 3.63) is 70.8 Å². The van der Waals surface area contributed by atoms with Crippen molar-refractivity contribution in [3.63, 3.8) is 0 Å². The van der Waals surface area contributed by atoms with Gasteiger partial charge in [-0.05, 0) is 44.2 Å². The standard InChI is InChI=1S/C21H21ClFN5O2S/c1-3-28-19(13(2)24-20(30)16-9-4-5-10-17(16)23)26-27-21(28)31-12-18(29)25-15-8-6-7-14(22)11-15/h4-11,13H,3,12H2,1-2H3,(H,24,30)(H,25,29)/t13-/m0/s1. The molecule has 3 rings (SSSR count). The number of nitrogens with zero attached hydrogens (tertiary/aromatic N) is 3. The molecule has 0 saturated heterocycles. The third-order valence-corrected chi connectivity index (χ3v) is 5.56. The molecule has 10 heteroatoms. The number of halogens is 2. The van der Waals surface area contributed by atoms with Crippen molar-refractivity contribution in [1.82, 2.24) is 20.1 Å². The number of rotatable bonds is 8. The molecule has 3 aromatic rings. The van der Waals surface area contributed by atoms with Gasteiger partial charge >= 0.3 is 0 Å². The van der Waals surface area contributed by atoms with Gasteiger partial charge in [-0.3, -0.25) is 9.59 Å². The smallest absolute Gasteiger partial charge is 0.254 e. The van der Waals surface area contributed by atoms with Crippen LogP contribution in [0.2, 0.25) is 5.02 Å². The highest BCUT2D eigenvalue weighted by Gasteiger charge is 2.21.